The highest BCUT2D eigenvalue weighted by Crippen LogP contribution is 2.38. The highest BCUT2D eigenvalue weighted by Gasteiger charge is 2.28. The quantitative estimate of drug-likeness (QED) is 0.862. The fraction of sp³-hybridized carbons (Fsp3) is 0.421. The number of aliphatic hydroxyl groups is 1. The van der Waals surface area contributed by atoms with Crippen LogP contribution in [0.15, 0.2) is 36.4 Å². The number of aryl methyl sites for hydroxylation is 1. The average molecular weight is 312 g/mol. The lowest BCUT2D eigenvalue weighted by Gasteiger charge is -2.12. The van der Waals surface area contributed by atoms with Crippen LogP contribution in [0.3, 0.4) is 0 Å². The van der Waals surface area contributed by atoms with Gasteiger partial charge in [-0.15, -0.1) is 0 Å². The van der Waals surface area contributed by atoms with E-state index in [1.165, 1.54) is 12.8 Å². The van der Waals surface area contributed by atoms with Gasteiger partial charge in [0.1, 0.15) is 0 Å². The van der Waals surface area contributed by atoms with E-state index in [1.807, 2.05) is 50.2 Å². The average Bonchev–Trinajstić information content (AvgIpc) is 3.31. The molecule has 1 amide bonds. The van der Waals surface area contributed by atoms with Gasteiger partial charge in [-0.05, 0) is 38.3 Å². The fourth-order valence-corrected chi connectivity index (χ4v) is 3.17. The van der Waals surface area contributed by atoms with E-state index in [-0.39, 0.29) is 12.5 Å². The summed E-state index contributed by atoms with van der Waals surface area (Å²) in [7, 11) is 0. The molecule has 23 heavy (non-hydrogen) atoms. The van der Waals surface area contributed by atoms with Crippen molar-refractivity contribution in [2.24, 2.45) is 0 Å². The normalized spacial score (nSPS) is 15.4. The minimum Gasteiger partial charge on any atom is -0.391 e. The van der Waals surface area contributed by atoms with Crippen molar-refractivity contribution in [1.82, 2.24) is 9.88 Å². The van der Waals surface area contributed by atoms with Crippen LogP contribution in [0, 0.1) is 13.8 Å². The van der Waals surface area contributed by atoms with E-state index in [4.69, 9.17) is 0 Å². The van der Waals surface area contributed by atoms with Crippen LogP contribution in [0.4, 0.5) is 0 Å². The van der Waals surface area contributed by atoms with Gasteiger partial charge in [-0.25, -0.2) is 0 Å². The van der Waals surface area contributed by atoms with E-state index in [1.54, 1.807) is 0 Å². The monoisotopic (exact) mass is 312 g/mol. The summed E-state index contributed by atoms with van der Waals surface area (Å²) in [4.78, 5) is 12.4. The van der Waals surface area contributed by atoms with Crippen LogP contribution >= 0.6 is 0 Å². The second-order valence-electron chi connectivity index (χ2n) is 6.44. The van der Waals surface area contributed by atoms with Crippen LogP contribution in [0.25, 0.3) is 0 Å². The van der Waals surface area contributed by atoms with Gasteiger partial charge in [-0.1, -0.05) is 30.3 Å². The Hall–Kier alpha value is -2.07. The third-order valence-corrected chi connectivity index (χ3v) is 4.45. The van der Waals surface area contributed by atoms with Gasteiger partial charge < -0.3 is 15.0 Å². The summed E-state index contributed by atoms with van der Waals surface area (Å²) in [6.45, 7) is 4.31. The van der Waals surface area contributed by atoms with Gasteiger partial charge in [0, 0.05) is 30.4 Å². The van der Waals surface area contributed by atoms with Crippen LogP contribution < -0.4 is 5.32 Å². The summed E-state index contributed by atoms with van der Waals surface area (Å²) >= 11 is 0. The first-order valence-electron chi connectivity index (χ1n) is 8.25. The van der Waals surface area contributed by atoms with Crippen molar-refractivity contribution in [3.05, 3.63) is 58.9 Å². The number of aromatic nitrogens is 1. The lowest BCUT2D eigenvalue weighted by atomic mass is 10.1. The summed E-state index contributed by atoms with van der Waals surface area (Å²) < 4.78 is 2.26. The maximum Gasteiger partial charge on any atom is 0.253 e. The predicted molar refractivity (Wildman–Crippen MR) is 90.7 cm³/mol. The van der Waals surface area contributed by atoms with Crippen molar-refractivity contribution >= 4 is 5.91 Å². The summed E-state index contributed by atoms with van der Waals surface area (Å²) in [5.74, 6) is -0.0999. The molecular weight excluding hydrogens is 288 g/mol. The molecule has 1 saturated carbocycles. The Bertz CT molecular complexity index is 687. The summed E-state index contributed by atoms with van der Waals surface area (Å²) in [6, 6.07) is 12.3. The molecule has 1 atom stereocenters. The predicted octanol–water partition coefficient (Wildman–Crippen LogP) is 2.77. The Morgan fingerprint density at radius 3 is 2.65 bits per heavy atom. The van der Waals surface area contributed by atoms with Gasteiger partial charge in [-0.3, -0.25) is 4.79 Å². The molecule has 0 saturated heterocycles. The molecule has 4 heteroatoms. The van der Waals surface area contributed by atoms with Gasteiger partial charge in [-0.2, -0.15) is 0 Å². The van der Waals surface area contributed by atoms with Crippen LogP contribution in [0.2, 0.25) is 0 Å². The van der Waals surface area contributed by atoms with Gasteiger partial charge in [0.15, 0.2) is 0 Å². The topological polar surface area (TPSA) is 54.3 Å². The lowest BCUT2D eigenvalue weighted by molar-refractivity contribution is 0.0915. The lowest BCUT2D eigenvalue weighted by Crippen LogP contribution is -2.33. The molecule has 3 rings (SSSR count). The first kappa shape index (κ1) is 15.8. The molecule has 1 aromatic carbocycles. The third-order valence-electron chi connectivity index (χ3n) is 4.45. The molecule has 1 unspecified atom stereocenters. The van der Waals surface area contributed by atoms with Crippen molar-refractivity contribution < 1.29 is 9.90 Å². The Labute approximate surface area is 137 Å². The zero-order chi connectivity index (χ0) is 16.4. The molecule has 0 bridgehead atoms. The summed E-state index contributed by atoms with van der Waals surface area (Å²) in [6.07, 6.45) is 2.37. The van der Waals surface area contributed by atoms with Crippen molar-refractivity contribution in [2.45, 2.75) is 45.3 Å². The molecule has 1 aliphatic rings. The number of nitrogens with one attached hydrogen (secondary N) is 1. The minimum atomic E-state index is -0.576. The van der Waals surface area contributed by atoms with Gasteiger partial charge in [0.25, 0.3) is 5.91 Å². The minimum absolute atomic E-state index is 0.0999. The highest BCUT2D eigenvalue weighted by atomic mass is 16.3. The number of benzene rings is 1. The van der Waals surface area contributed by atoms with E-state index in [2.05, 4.69) is 9.88 Å². The fourth-order valence-electron chi connectivity index (χ4n) is 3.17. The molecule has 0 radical (unpaired) electrons. The SMILES string of the molecule is Cc1cc(C(=O)NCC(O)Cc2ccccc2)c(C)n1C1CC1. The first-order valence-corrected chi connectivity index (χ1v) is 8.25. The van der Waals surface area contributed by atoms with Crippen molar-refractivity contribution in [3.8, 4) is 0 Å². The number of rotatable bonds is 6. The van der Waals surface area contributed by atoms with Crippen molar-refractivity contribution in [3.63, 3.8) is 0 Å². The number of hydrogen-bond acceptors (Lipinski definition) is 2. The second kappa shape index (κ2) is 6.59. The maximum absolute atomic E-state index is 12.4. The second-order valence-corrected chi connectivity index (χ2v) is 6.44. The van der Waals surface area contributed by atoms with Crippen LogP contribution in [0.5, 0.6) is 0 Å². The third kappa shape index (κ3) is 3.64. The Kier molecular flexibility index (Phi) is 4.53. The molecule has 0 aliphatic heterocycles. The largest absolute Gasteiger partial charge is 0.391 e. The molecule has 0 spiro atoms. The Morgan fingerprint density at radius 1 is 1.30 bits per heavy atom. The van der Waals surface area contributed by atoms with E-state index in [9.17, 15) is 9.90 Å². The zero-order valence-corrected chi connectivity index (χ0v) is 13.7. The Balaban J connectivity index is 1.58. The zero-order valence-electron chi connectivity index (χ0n) is 13.7. The number of carbonyl (C=O) groups excluding carboxylic acids is 1. The van der Waals surface area contributed by atoms with Gasteiger partial charge in [0.2, 0.25) is 0 Å². The van der Waals surface area contributed by atoms with E-state index in [0.717, 1.165) is 22.5 Å². The Morgan fingerprint density at radius 2 is 2.00 bits per heavy atom. The molecule has 122 valence electrons. The number of nitrogens with zero attached hydrogens (tertiary/aromatic N) is 1. The van der Waals surface area contributed by atoms with Crippen molar-refractivity contribution in [2.75, 3.05) is 6.54 Å². The smallest absolute Gasteiger partial charge is 0.253 e. The van der Waals surface area contributed by atoms with E-state index < -0.39 is 6.10 Å². The summed E-state index contributed by atoms with van der Waals surface area (Å²) in [5.41, 5.74) is 3.96. The molecule has 2 aromatic rings. The van der Waals surface area contributed by atoms with Gasteiger partial charge >= 0.3 is 0 Å². The van der Waals surface area contributed by atoms with E-state index in [0.29, 0.717) is 12.5 Å². The standard InChI is InChI=1S/C19H24N2O2/c1-13-10-18(14(2)21(13)16-8-9-16)19(23)20-12-17(22)11-15-6-4-3-5-7-15/h3-7,10,16-17,22H,8-9,11-12H2,1-2H3,(H,20,23). The molecule has 1 aromatic heterocycles. The maximum atomic E-state index is 12.4. The molecular formula is C19H24N2O2. The number of hydrogen-bond donors (Lipinski definition) is 2. The molecule has 1 aliphatic carbocycles. The molecule has 1 fully saturated rings. The van der Waals surface area contributed by atoms with E-state index >= 15 is 0 Å². The van der Waals surface area contributed by atoms with Gasteiger partial charge in [0.05, 0.1) is 11.7 Å². The van der Waals surface area contributed by atoms with Crippen LogP contribution in [-0.2, 0) is 6.42 Å². The first-order chi connectivity index (χ1) is 11.1. The molecule has 4 nitrogen and oxygen atoms in total. The number of amides is 1. The molecule has 2 N–H and O–H groups in total. The van der Waals surface area contributed by atoms with Crippen LogP contribution in [-0.4, -0.2) is 28.2 Å². The molecule has 1 heterocycles. The summed E-state index contributed by atoms with van der Waals surface area (Å²) in [5, 5.41) is 13.0. The van der Waals surface area contributed by atoms with Crippen molar-refractivity contribution in [1.29, 1.82) is 0 Å². The number of carbonyl (C=O) groups is 1. The van der Waals surface area contributed by atoms with Crippen LogP contribution in [0.1, 0.15) is 46.2 Å². The number of aliphatic hydroxyl groups excluding tert-OH is 1. The highest BCUT2D eigenvalue weighted by molar-refractivity contribution is 5.95.